The Bertz CT molecular complexity index is 1020. The molecule has 152 valence electrons. The molecule has 1 fully saturated rings. The minimum absolute atomic E-state index is 0.174. The second-order valence-electron chi connectivity index (χ2n) is 7.59. The number of fused-ring (bicyclic) bond motifs is 1. The molecule has 2 aromatic carbocycles. The predicted molar refractivity (Wildman–Crippen MR) is 111 cm³/mol. The summed E-state index contributed by atoms with van der Waals surface area (Å²) in [6.07, 6.45) is 2.85. The average molecular weight is 395 g/mol. The van der Waals surface area contributed by atoms with E-state index in [1.165, 1.54) is 6.07 Å². The zero-order chi connectivity index (χ0) is 20.4. The fourth-order valence-corrected chi connectivity index (χ4v) is 4.33. The van der Waals surface area contributed by atoms with E-state index in [9.17, 15) is 9.18 Å². The highest BCUT2D eigenvalue weighted by Gasteiger charge is 2.26. The number of nitrogens with zero attached hydrogens (tertiary/aromatic N) is 3. The van der Waals surface area contributed by atoms with Crippen LogP contribution in [0.2, 0.25) is 0 Å². The van der Waals surface area contributed by atoms with E-state index < -0.39 is 0 Å². The summed E-state index contributed by atoms with van der Waals surface area (Å²) in [4.78, 5) is 19.2. The Morgan fingerprint density at radius 3 is 2.72 bits per heavy atom. The molecule has 0 bridgehead atoms. The first-order chi connectivity index (χ1) is 14.1. The van der Waals surface area contributed by atoms with Crippen molar-refractivity contribution >= 4 is 16.9 Å². The number of para-hydroxylation sites is 1. The number of methoxy groups -OCH3 is 1. The van der Waals surface area contributed by atoms with Crippen molar-refractivity contribution in [3.8, 4) is 5.75 Å². The second kappa shape index (κ2) is 8.23. The second-order valence-corrected chi connectivity index (χ2v) is 7.59. The quantitative estimate of drug-likeness (QED) is 0.648. The number of carbonyl (C=O) groups excluding carboxylic acids is 1. The third-order valence-electron chi connectivity index (χ3n) is 5.81. The van der Waals surface area contributed by atoms with Crippen molar-refractivity contribution < 1.29 is 13.9 Å². The van der Waals surface area contributed by atoms with E-state index in [-0.39, 0.29) is 17.8 Å². The summed E-state index contributed by atoms with van der Waals surface area (Å²) in [5.41, 5.74) is 2.71. The van der Waals surface area contributed by atoms with Gasteiger partial charge in [-0.3, -0.25) is 4.79 Å². The van der Waals surface area contributed by atoms with E-state index in [1.54, 1.807) is 19.2 Å². The van der Waals surface area contributed by atoms with Crippen LogP contribution in [0.3, 0.4) is 0 Å². The Balaban J connectivity index is 1.39. The van der Waals surface area contributed by atoms with E-state index in [4.69, 9.17) is 4.74 Å². The summed E-state index contributed by atoms with van der Waals surface area (Å²) in [7, 11) is 1.65. The highest BCUT2D eigenvalue weighted by Crippen LogP contribution is 2.29. The van der Waals surface area contributed by atoms with Gasteiger partial charge in [0.15, 0.2) is 0 Å². The lowest BCUT2D eigenvalue weighted by Gasteiger charge is -2.33. The molecule has 4 rings (SSSR count). The third kappa shape index (κ3) is 3.97. The van der Waals surface area contributed by atoms with Gasteiger partial charge in [0.1, 0.15) is 17.4 Å². The molecule has 0 atom stereocenters. The van der Waals surface area contributed by atoms with Gasteiger partial charge >= 0.3 is 0 Å². The number of rotatable bonds is 5. The van der Waals surface area contributed by atoms with Gasteiger partial charge in [-0.25, -0.2) is 9.37 Å². The van der Waals surface area contributed by atoms with Gasteiger partial charge in [-0.2, -0.15) is 0 Å². The van der Waals surface area contributed by atoms with E-state index in [2.05, 4.69) is 9.55 Å². The van der Waals surface area contributed by atoms with Crippen LogP contribution in [0.15, 0.2) is 42.5 Å². The molecular weight excluding hydrogens is 369 g/mol. The third-order valence-corrected chi connectivity index (χ3v) is 5.81. The fourth-order valence-electron chi connectivity index (χ4n) is 4.33. The summed E-state index contributed by atoms with van der Waals surface area (Å²) >= 11 is 0. The molecule has 1 aliphatic heterocycles. The first kappa shape index (κ1) is 19.4. The summed E-state index contributed by atoms with van der Waals surface area (Å²) in [6.45, 7) is 3.39. The van der Waals surface area contributed by atoms with Crippen LogP contribution in [-0.2, 0) is 11.2 Å². The van der Waals surface area contributed by atoms with E-state index in [1.807, 2.05) is 36.1 Å². The number of aryl methyl sites for hydroxylation is 2. The topological polar surface area (TPSA) is 47.4 Å². The lowest BCUT2D eigenvalue weighted by atomic mass is 10.0. The van der Waals surface area contributed by atoms with E-state index >= 15 is 0 Å². The molecule has 0 spiro atoms. The Morgan fingerprint density at radius 1 is 1.21 bits per heavy atom. The Labute approximate surface area is 170 Å². The summed E-state index contributed by atoms with van der Waals surface area (Å²) in [5, 5.41) is 0. The Hall–Kier alpha value is -2.89. The first-order valence-electron chi connectivity index (χ1n) is 10.1. The van der Waals surface area contributed by atoms with Crippen molar-refractivity contribution in [1.82, 2.24) is 14.5 Å². The number of piperidine rings is 1. The Kier molecular flexibility index (Phi) is 5.51. The number of hydrogen-bond donors (Lipinski definition) is 0. The van der Waals surface area contributed by atoms with Gasteiger partial charge in [-0.1, -0.05) is 18.2 Å². The van der Waals surface area contributed by atoms with Gasteiger partial charge in [-0.05, 0) is 56.0 Å². The SMILES string of the molecule is COc1ccccc1CCC(=O)N1CCC(n2c(C)nc3ccc(F)cc32)CC1. The fraction of sp³-hybridized carbons (Fsp3) is 0.391. The van der Waals surface area contributed by atoms with Gasteiger partial charge in [-0.15, -0.1) is 0 Å². The van der Waals surface area contributed by atoms with E-state index in [0.717, 1.165) is 41.0 Å². The molecule has 0 saturated carbocycles. The number of amides is 1. The van der Waals surface area contributed by atoms with Crippen molar-refractivity contribution in [1.29, 1.82) is 0 Å². The summed E-state index contributed by atoms with van der Waals surface area (Å²) in [6, 6.07) is 12.8. The molecule has 6 heteroatoms. The van der Waals surface area contributed by atoms with Crippen LogP contribution >= 0.6 is 0 Å². The van der Waals surface area contributed by atoms with Gasteiger partial charge in [0, 0.05) is 25.6 Å². The standard InChI is InChI=1S/C23H26FN3O2/c1-16-25-20-9-8-18(24)15-21(20)27(16)19-11-13-26(14-12-19)23(28)10-7-17-5-3-4-6-22(17)29-2/h3-6,8-9,15,19H,7,10-14H2,1-2H3. The molecule has 0 unspecified atom stereocenters. The maximum atomic E-state index is 13.7. The number of imidazole rings is 1. The molecule has 1 saturated heterocycles. The van der Waals surface area contributed by atoms with Gasteiger partial charge in [0.2, 0.25) is 5.91 Å². The van der Waals surface area contributed by atoms with Crippen LogP contribution < -0.4 is 4.74 Å². The van der Waals surface area contributed by atoms with Crippen molar-refractivity contribution in [2.45, 2.75) is 38.6 Å². The van der Waals surface area contributed by atoms with Crippen molar-refractivity contribution in [3.63, 3.8) is 0 Å². The van der Waals surface area contributed by atoms with Gasteiger partial charge in [0.05, 0.1) is 18.1 Å². The van der Waals surface area contributed by atoms with Crippen LogP contribution in [0.1, 0.15) is 36.7 Å². The largest absolute Gasteiger partial charge is 0.496 e. The van der Waals surface area contributed by atoms with Crippen LogP contribution in [-0.4, -0.2) is 40.6 Å². The molecule has 1 aliphatic rings. The highest BCUT2D eigenvalue weighted by atomic mass is 19.1. The molecular formula is C23H26FN3O2. The summed E-state index contributed by atoms with van der Waals surface area (Å²) in [5.74, 6) is 1.65. The maximum absolute atomic E-state index is 13.7. The van der Waals surface area contributed by atoms with Gasteiger partial charge in [0.25, 0.3) is 0 Å². The lowest BCUT2D eigenvalue weighted by Crippen LogP contribution is -2.39. The van der Waals surface area contributed by atoms with Crippen LogP contribution in [0.5, 0.6) is 5.75 Å². The number of aromatic nitrogens is 2. The molecule has 3 aromatic rings. The number of ether oxygens (including phenoxy) is 1. The molecule has 0 N–H and O–H groups in total. The average Bonchev–Trinajstić information content (AvgIpc) is 3.07. The van der Waals surface area contributed by atoms with Crippen molar-refractivity contribution in [2.75, 3.05) is 20.2 Å². The van der Waals surface area contributed by atoms with Crippen molar-refractivity contribution in [2.24, 2.45) is 0 Å². The predicted octanol–water partition coefficient (Wildman–Crippen LogP) is 4.29. The number of likely N-dealkylation sites (tertiary alicyclic amines) is 1. The van der Waals surface area contributed by atoms with Crippen molar-refractivity contribution in [3.05, 3.63) is 59.7 Å². The first-order valence-corrected chi connectivity index (χ1v) is 10.1. The Morgan fingerprint density at radius 2 is 1.97 bits per heavy atom. The maximum Gasteiger partial charge on any atom is 0.222 e. The molecule has 1 aromatic heterocycles. The normalized spacial score (nSPS) is 15.1. The smallest absolute Gasteiger partial charge is 0.222 e. The number of carbonyl (C=O) groups is 1. The lowest BCUT2D eigenvalue weighted by molar-refractivity contribution is -0.132. The molecule has 1 amide bonds. The number of hydrogen-bond acceptors (Lipinski definition) is 3. The molecule has 29 heavy (non-hydrogen) atoms. The van der Waals surface area contributed by atoms with Crippen LogP contribution in [0, 0.1) is 12.7 Å². The zero-order valence-electron chi connectivity index (χ0n) is 16.9. The van der Waals surface area contributed by atoms with Crippen LogP contribution in [0.25, 0.3) is 11.0 Å². The molecule has 0 radical (unpaired) electrons. The monoisotopic (exact) mass is 395 g/mol. The zero-order valence-corrected chi connectivity index (χ0v) is 16.9. The minimum Gasteiger partial charge on any atom is -0.496 e. The molecule has 0 aliphatic carbocycles. The number of halogens is 1. The van der Waals surface area contributed by atoms with Gasteiger partial charge < -0.3 is 14.2 Å². The molecule has 2 heterocycles. The van der Waals surface area contributed by atoms with Crippen LogP contribution in [0.4, 0.5) is 4.39 Å². The highest BCUT2D eigenvalue weighted by molar-refractivity contribution is 5.77. The molecule has 5 nitrogen and oxygen atoms in total. The summed E-state index contributed by atoms with van der Waals surface area (Å²) < 4.78 is 21.2. The number of benzene rings is 2. The van der Waals surface area contributed by atoms with E-state index in [0.29, 0.717) is 25.9 Å². The minimum atomic E-state index is -0.248.